The largest absolute Gasteiger partial charge is 0.309 e. The van der Waals surface area contributed by atoms with Crippen LogP contribution in [0, 0.1) is 12.8 Å². The van der Waals surface area contributed by atoms with Crippen molar-refractivity contribution in [3.05, 3.63) is 16.1 Å². The van der Waals surface area contributed by atoms with Gasteiger partial charge in [-0.25, -0.2) is 4.98 Å². The average Bonchev–Trinajstić information content (AvgIpc) is 2.84. The highest BCUT2D eigenvalue weighted by Crippen LogP contribution is 2.32. The lowest BCUT2D eigenvalue weighted by atomic mass is 9.81. The molecule has 1 aliphatic carbocycles. The minimum Gasteiger partial charge on any atom is -0.309 e. The summed E-state index contributed by atoms with van der Waals surface area (Å²) in [5.74, 6) is 0.878. The molecule has 0 bridgehead atoms. The zero-order valence-electron chi connectivity index (χ0n) is 13.7. The van der Waals surface area contributed by atoms with E-state index in [9.17, 15) is 0 Å². The van der Waals surface area contributed by atoms with Crippen LogP contribution in [0.5, 0.6) is 0 Å². The molecule has 3 rings (SSSR count). The third kappa shape index (κ3) is 3.85. The summed E-state index contributed by atoms with van der Waals surface area (Å²) in [5.41, 5.74) is 1.39. The van der Waals surface area contributed by atoms with Crippen LogP contribution < -0.4 is 5.32 Å². The van der Waals surface area contributed by atoms with Crippen molar-refractivity contribution < 1.29 is 0 Å². The number of thiazole rings is 1. The van der Waals surface area contributed by atoms with Crippen molar-refractivity contribution in [1.29, 1.82) is 0 Å². The summed E-state index contributed by atoms with van der Waals surface area (Å²) in [6.45, 7) is 10.0. The second-order valence-electron chi connectivity index (χ2n) is 7.52. The Hall–Kier alpha value is -0.450. The average molecular weight is 308 g/mol. The van der Waals surface area contributed by atoms with E-state index < -0.39 is 0 Å². The molecule has 1 saturated heterocycles. The molecule has 2 heterocycles. The molecule has 1 aromatic rings. The van der Waals surface area contributed by atoms with Gasteiger partial charge in [0.2, 0.25) is 0 Å². The quantitative estimate of drug-likeness (QED) is 0.925. The van der Waals surface area contributed by atoms with Crippen LogP contribution in [0.25, 0.3) is 0 Å². The van der Waals surface area contributed by atoms with Crippen molar-refractivity contribution in [1.82, 2.24) is 15.2 Å². The Morgan fingerprint density at radius 2 is 2.10 bits per heavy atom. The molecule has 1 atom stereocenters. The van der Waals surface area contributed by atoms with E-state index in [1.807, 2.05) is 11.3 Å². The Kier molecular flexibility index (Phi) is 4.67. The van der Waals surface area contributed by atoms with Crippen molar-refractivity contribution in [2.75, 3.05) is 13.1 Å². The number of nitrogens with one attached hydrogen (secondary N) is 1. The molecule has 1 saturated carbocycles. The molecule has 1 unspecified atom stereocenters. The number of nitrogens with zero attached hydrogens (tertiary/aromatic N) is 2. The molecule has 0 amide bonds. The van der Waals surface area contributed by atoms with Crippen LogP contribution >= 0.6 is 11.3 Å². The predicted molar refractivity (Wildman–Crippen MR) is 89.7 cm³/mol. The van der Waals surface area contributed by atoms with E-state index in [1.165, 1.54) is 42.8 Å². The second-order valence-corrected chi connectivity index (χ2v) is 8.46. The van der Waals surface area contributed by atoms with Gasteiger partial charge in [0.05, 0.1) is 6.54 Å². The van der Waals surface area contributed by atoms with Gasteiger partial charge in [-0.15, -0.1) is 11.3 Å². The zero-order chi connectivity index (χ0) is 14.9. The van der Waals surface area contributed by atoms with Crippen molar-refractivity contribution in [2.45, 2.75) is 71.0 Å². The molecular weight excluding hydrogens is 278 g/mol. The Labute approximate surface area is 133 Å². The van der Waals surface area contributed by atoms with Crippen molar-refractivity contribution in [2.24, 2.45) is 5.92 Å². The van der Waals surface area contributed by atoms with Crippen LogP contribution in [-0.4, -0.2) is 34.6 Å². The zero-order valence-corrected chi connectivity index (χ0v) is 14.5. The smallest absolute Gasteiger partial charge is 0.107 e. The highest BCUT2D eigenvalue weighted by atomic mass is 32.1. The Morgan fingerprint density at radius 1 is 1.33 bits per heavy atom. The number of hydrogen-bond donors (Lipinski definition) is 1. The van der Waals surface area contributed by atoms with Gasteiger partial charge in [0.1, 0.15) is 5.01 Å². The summed E-state index contributed by atoms with van der Waals surface area (Å²) in [6.07, 6.45) is 7.12. The maximum absolute atomic E-state index is 4.69. The van der Waals surface area contributed by atoms with Gasteiger partial charge in [0.25, 0.3) is 0 Å². The van der Waals surface area contributed by atoms with Gasteiger partial charge in [-0.2, -0.15) is 0 Å². The first-order chi connectivity index (χ1) is 10.0. The van der Waals surface area contributed by atoms with Crippen LogP contribution in [0.2, 0.25) is 0 Å². The summed E-state index contributed by atoms with van der Waals surface area (Å²) in [5, 5.41) is 7.23. The van der Waals surface area contributed by atoms with Crippen molar-refractivity contribution in [3.63, 3.8) is 0 Å². The van der Waals surface area contributed by atoms with E-state index in [1.54, 1.807) is 0 Å². The normalized spacial score (nSPS) is 27.9. The Bertz CT molecular complexity index is 462. The van der Waals surface area contributed by atoms with Gasteiger partial charge >= 0.3 is 0 Å². The molecule has 118 valence electrons. The third-order valence-corrected chi connectivity index (χ3v) is 6.01. The van der Waals surface area contributed by atoms with E-state index in [2.05, 4.69) is 41.4 Å². The molecular formula is C17H29N3S. The van der Waals surface area contributed by atoms with Gasteiger partial charge in [-0.3, -0.25) is 4.90 Å². The number of aromatic nitrogens is 1. The maximum Gasteiger partial charge on any atom is 0.107 e. The molecule has 3 nitrogen and oxygen atoms in total. The summed E-state index contributed by atoms with van der Waals surface area (Å²) >= 11 is 1.82. The Balaban J connectivity index is 1.73. The second kappa shape index (κ2) is 6.35. The molecule has 0 spiro atoms. The predicted octanol–water partition coefficient (Wildman–Crippen LogP) is 3.58. The fourth-order valence-electron chi connectivity index (χ4n) is 4.00. The fraction of sp³-hybridized carbons (Fsp3) is 0.824. The van der Waals surface area contributed by atoms with Crippen LogP contribution in [0.3, 0.4) is 0 Å². The minimum atomic E-state index is 0.220. The van der Waals surface area contributed by atoms with E-state index in [0.717, 1.165) is 25.6 Å². The maximum atomic E-state index is 4.69. The highest BCUT2D eigenvalue weighted by molar-refractivity contribution is 7.09. The van der Waals surface area contributed by atoms with E-state index in [0.29, 0.717) is 6.04 Å². The number of rotatable bonds is 3. The highest BCUT2D eigenvalue weighted by Gasteiger charge is 2.37. The molecule has 1 aliphatic heterocycles. The monoisotopic (exact) mass is 307 g/mol. The molecule has 2 fully saturated rings. The van der Waals surface area contributed by atoms with Crippen LogP contribution in [0.15, 0.2) is 5.38 Å². The first-order valence-corrected chi connectivity index (χ1v) is 9.31. The first-order valence-electron chi connectivity index (χ1n) is 8.44. The molecule has 2 aliphatic rings. The number of aryl methyl sites for hydroxylation is 1. The third-order valence-electron chi connectivity index (χ3n) is 5.06. The lowest BCUT2D eigenvalue weighted by Crippen LogP contribution is -2.63. The molecule has 0 radical (unpaired) electrons. The minimum absolute atomic E-state index is 0.220. The van der Waals surface area contributed by atoms with Gasteiger partial charge in [0, 0.05) is 35.7 Å². The van der Waals surface area contributed by atoms with Crippen LogP contribution in [-0.2, 0) is 6.54 Å². The van der Waals surface area contributed by atoms with Gasteiger partial charge in [-0.1, -0.05) is 19.3 Å². The lowest BCUT2D eigenvalue weighted by Gasteiger charge is -2.48. The topological polar surface area (TPSA) is 28.2 Å². The van der Waals surface area contributed by atoms with E-state index >= 15 is 0 Å². The van der Waals surface area contributed by atoms with Crippen molar-refractivity contribution >= 4 is 11.3 Å². The number of hydrogen-bond acceptors (Lipinski definition) is 4. The molecule has 21 heavy (non-hydrogen) atoms. The molecule has 1 aromatic heterocycles. The van der Waals surface area contributed by atoms with E-state index in [4.69, 9.17) is 0 Å². The standard InChI is InChI=1S/C17H29N3S/c1-13-11-21-16(19-13)10-20-12-17(2,3)18-9-15(20)14-7-5-4-6-8-14/h11,14-15,18H,4-10,12H2,1-3H3. The Morgan fingerprint density at radius 3 is 2.76 bits per heavy atom. The molecule has 0 aromatic carbocycles. The summed E-state index contributed by atoms with van der Waals surface area (Å²) in [4.78, 5) is 7.40. The van der Waals surface area contributed by atoms with Crippen LogP contribution in [0.1, 0.15) is 56.7 Å². The van der Waals surface area contributed by atoms with Gasteiger partial charge in [-0.05, 0) is 39.5 Å². The van der Waals surface area contributed by atoms with Gasteiger partial charge < -0.3 is 5.32 Å². The summed E-state index contributed by atoms with van der Waals surface area (Å²) in [7, 11) is 0. The first kappa shape index (κ1) is 15.4. The molecule has 1 N–H and O–H groups in total. The summed E-state index contributed by atoms with van der Waals surface area (Å²) < 4.78 is 0. The van der Waals surface area contributed by atoms with Gasteiger partial charge in [0.15, 0.2) is 0 Å². The molecule has 4 heteroatoms. The summed E-state index contributed by atoms with van der Waals surface area (Å²) in [6, 6.07) is 0.697. The van der Waals surface area contributed by atoms with Crippen molar-refractivity contribution in [3.8, 4) is 0 Å². The number of piperazine rings is 1. The van der Waals surface area contributed by atoms with E-state index in [-0.39, 0.29) is 5.54 Å². The lowest BCUT2D eigenvalue weighted by molar-refractivity contribution is 0.0418. The SMILES string of the molecule is Cc1csc(CN2CC(C)(C)NCC2C2CCCCC2)n1. The fourth-order valence-corrected chi connectivity index (χ4v) is 4.79. The van der Waals surface area contributed by atoms with Crippen LogP contribution in [0.4, 0.5) is 0 Å².